The first-order valence-corrected chi connectivity index (χ1v) is 7.37. The van der Waals surface area contributed by atoms with Crippen LogP contribution in [0.15, 0.2) is 53.3 Å². The SMILES string of the molecule is [C-]#[N+]c1cccc(Oc2cc(Cc3ccc(=O)[nH]n3)ccc2Cl)n1. The van der Waals surface area contributed by atoms with E-state index in [1.165, 1.54) is 6.07 Å². The molecule has 0 aliphatic heterocycles. The van der Waals surface area contributed by atoms with Crippen LogP contribution in [0.25, 0.3) is 4.85 Å². The zero-order valence-electron chi connectivity index (χ0n) is 12.4. The third-order valence-electron chi connectivity index (χ3n) is 3.16. The Hall–Kier alpha value is -3.17. The second-order valence-electron chi connectivity index (χ2n) is 4.90. The number of hydrogen-bond acceptors (Lipinski definition) is 4. The monoisotopic (exact) mass is 338 g/mol. The van der Waals surface area contributed by atoms with Gasteiger partial charge in [-0.25, -0.2) is 5.10 Å². The predicted molar refractivity (Wildman–Crippen MR) is 89.7 cm³/mol. The van der Waals surface area contributed by atoms with E-state index in [0.717, 1.165) is 11.3 Å². The van der Waals surface area contributed by atoms with Crippen molar-refractivity contribution in [3.63, 3.8) is 0 Å². The molecule has 3 aromatic rings. The van der Waals surface area contributed by atoms with Gasteiger partial charge in [-0.3, -0.25) is 4.79 Å². The lowest BCUT2D eigenvalue weighted by Gasteiger charge is -2.07. The lowest BCUT2D eigenvalue weighted by atomic mass is 10.1. The van der Waals surface area contributed by atoms with E-state index >= 15 is 0 Å². The fraction of sp³-hybridized carbons (Fsp3) is 0.0588. The maximum absolute atomic E-state index is 11.0. The zero-order chi connectivity index (χ0) is 16.9. The van der Waals surface area contributed by atoms with Crippen molar-refractivity contribution in [1.82, 2.24) is 15.2 Å². The lowest BCUT2D eigenvalue weighted by molar-refractivity contribution is 0.463. The van der Waals surface area contributed by atoms with Crippen LogP contribution in [0.3, 0.4) is 0 Å². The molecule has 7 heteroatoms. The summed E-state index contributed by atoms with van der Waals surface area (Å²) in [6, 6.07) is 13.4. The molecule has 0 aliphatic rings. The molecule has 0 fully saturated rings. The highest BCUT2D eigenvalue weighted by Crippen LogP contribution is 2.30. The van der Waals surface area contributed by atoms with Crippen molar-refractivity contribution in [1.29, 1.82) is 0 Å². The molecule has 3 rings (SSSR count). The van der Waals surface area contributed by atoms with Crippen molar-refractivity contribution in [3.8, 4) is 11.6 Å². The van der Waals surface area contributed by atoms with E-state index in [1.807, 2.05) is 6.07 Å². The molecule has 0 radical (unpaired) electrons. The van der Waals surface area contributed by atoms with Crippen LogP contribution in [-0.2, 0) is 6.42 Å². The number of benzene rings is 1. The predicted octanol–water partition coefficient (Wildman–Crippen LogP) is 3.75. The van der Waals surface area contributed by atoms with E-state index in [0.29, 0.717) is 23.1 Å². The molecule has 6 nitrogen and oxygen atoms in total. The summed E-state index contributed by atoms with van der Waals surface area (Å²) in [6.45, 7) is 6.99. The molecule has 0 saturated carbocycles. The Morgan fingerprint density at radius 2 is 2.08 bits per heavy atom. The Kier molecular flexibility index (Phi) is 4.54. The van der Waals surface area contributed by atoms with Gasteiger partial charge in [0.15, 0.2) is 5.75 Å². The maximum atomic E-state index is 11.0. The second-order valence-corrected chi connectivity index (χ2v) is 5.31. The molecule has 0 atom stereocenters. The second kappa shape index (κ2) is 6.94. The smallest absolute Gasteiger partial charge is 0.314 e. The average Bonchev–Trinajstić information content (AvgIpc) is 2.60. The van der Waals surface area contributed by atoms with E-state index in [4.69, 9.17) is 22.9 Å². The van der Waals surface area contributed by atoms with Crippen LogP contribution in [-0.4, -0.2) is 15.2 Å². The Bertz CT molecular complexity index is 958. The van der Waals surface area contributed by atoms with E-state index in [-0.39, 0.29) is 11.4 Å². The van der Waals surface area contributed by atoms with E-state index in [1.54, 1.807) is 36.4 Å². The van der Waals surface area contributed by atoms with Gasteiger partial charge in [0.1, 0.15) is 0 Å². The average molecular weight is 339 g/mol. The van der Waals surface area contributed by atoms with Crippen molar-refractivity contribution in [2.45, 2.75) is 6.42 Å². The highest BCUT2D eigenvalue weighted by molar-refractivity contribution is 6.32. The van der Waals surface area contributed by atoms with Gasteiger partial charge in [0.25, 0.3) is 11.4 Å². The number of pyridine rings is 1. The number of rotatable bonds is 4. The zero-order valence-corrected chi connectivity index (χ0v) is 13.1. The minimum atomic E-state index is -0.246. The van der Waals surface area contributed by atoms with Crippen LogP contribution in [0.2, 0.25) is 5.02 Å². The molecule has 1 aromatic carbocycles. The number of nitrogens with zero attached hydrogens (tertiary/aromatic N) is 3. The minimum Gasteiger partial charge on any atom is -0.420 e. The summed E-state index contributed by atoms with van der Waals surface area (Å²) in [5.41, 5.74) is 1.39. The van der Waals surface area contributed by atoms with Crippen LogP contribution < -0.4 is 10.3 Å². The van der Waals surface area contributed by atoms with Crippen LogP contribution >= 0.6 is 11.6 Å². The summed E-state index contributed by atoms with van der Waals surface area (Å²) >= 11 is 6.17. The molecular formula is C17H11ClN4O2. The van der Waals surface area contributed by atoms with Gasteiger partial charge in [0, 0.05) is 18.6 Å². The summed E-state index contributed by atoms with van der Waals surface area (Å²) in [6.07, 6.45) is 0.514. The summed E-state index contributed by atoms with van der Waals surface area (Å²) in [7, 11) is 0. The van der Waals surface area contributed by atoms with Crippen molar-refractivity contribution >= 4 is 17.4 Å². The molecular weight excluding hydrogens is 328 g/mol. The summed E-state index contributed by atoms with van der Waals surface area (Å²) in [4.78, 5) is 18.4. The standard InChI is InChI=1S/C17H11ClN4O2/c1-19-15-3-2-4-17(20-15)24-14-10-11(5-7-13(14)18)9-12-6-8-16(23)22-21-12/h2-8,10H,9H2,(H,22,23). The van der Waals surface area contributed by atoms with Crippen molar-refractivity contribution in [3.05, 3.63) is 86.6 Å². The number of nitrogens with one attached hydrogen (secondary N) is 1. The van der Waals surface area contributed by atoms with Crippen LogP contribution in [0.5, 0.6) is 11.6 Å². The van der Waals surface area contributed by atoms with Gasteiger partial charge in [-0.05, 0) is 29.8 Å². The first-order chi connectivity index (χ1) is 11.6. The molecule has 1 N–H and O–H groups in total. The van der Waals surface area contributed by atoms with Crippen molar-refractivity contribution < 1.29 is 4.74 Å². The minimum absolute atomic E-state index is 0.246. The van der Waals surface area contributed by atoms with E-state index in [9.17, 15) is 4.79 Å². The van der Waals surface area contributed by atoms with Gasteiger partial charge in [-0.15, -0.1) is 0 Å². The Morgan fingerprint density at radius 3 is 2.83 bits per heavy atom. The first kappa shape index (κ1) is 15.7. The van der Waals surface area contributed by atoms with Crippen LogP contribution in [0, 0.1) is 6.57 Å². The molecule has 0 aliphatic carbocycles. The molecule has 24 heavy (non-hydrogen) atoms. The first-order valence-electron chi connectivity index (χ1n) is 6.99. The van der Waals surface area contributed by atoms with Crippen molar-refractivity contribution in [2.75, 3.05) is 0 Å². The fourth-order valence-electron chi connectivity index (χ4n) is 2.05. The van der Waals surface area contributed by atoms with Gasteiger partial charge in [-0.2, -0.15) is 5.10 Å². The summed E-state index contributed by atoms with van der Waals surface area (Å²) < 4.78 is 5.68. The number of aromatic amines is 1. The Morgan fingerprint density at radius 1 is 1.21 bits per heavy atom. The Labute approximate surface area is 142 Å². The number of hydrogen-bond donors (Lipinski definition) is 1. The molecule has 0 unspecified atom stereocenters. The highest BCUT2D eigenvalue weighted by atomic mass is 35.5. The maximum Gasteiger partial charge on any atom is 0.314 e. The van der Waals surface area contributed by atoms with Gasteiger partial charge in [0.05, 0.1) is 10.7 Å². The van der Waals surface area contributed by atoms with Gasteiger partial charge in [0.2, 0.25) is 0 Å². The van der Waals surface area contributed by atoms with Gasteiger partial charge in [-0.1, -0.05) is 35.3 Å². The molecule has 0 bridgehead atoms. The summed E-state index contributed by atoms with van der Waals surface area (Å²) in [5, 5.41) is 6.81. The Balaban J connectivity index is 1.84. The van der Waals surface area contributed by atoms with E-state index < -0.39 is 0 Å². The normalized spacial score (nSPS) is 10.2. The fourth-order valence-corrected chi connectivity index (χ4v) is 2.21. The number of aromatic nitrogens is 3. The molecule has 0 spiro atoms. The summed E-state index contributed by atoms with van der Waals surface area (Å²) in [5.74, 6) is 0.982. The van der Waals surface area contributed by atoms with Gasteiger partial charge >= 0.3 is 5.88 Å². The molecule has 0 saturated heterocycles. The molecule has 118 valence electrons. The quantitative estimate of drug-likeness (QED) is 0.735. The van der Waals surface area contributed by atoms with Gasteiger partial charge < -0.3 is 9.58 Å². The third-order valence-corrected chi connectivity index (χ3v) is 3.47. The highest BCUT2D eigenvalue weighted by Gasteiger charge is 2.09. The molecule has 2 aromatic heterocycles. The van der Waals surface area contributed by atoms with Crippen molar-refractivity contribution in [2.24, 2.45) is 0 Å². The molecule has 2 heterocycles. The van der Waals surface area contributed by atoms with Crippen LogP contribution in [0.1, 0.15) is 11.3 Å². The third kappa shape index (κ3) is 3.77. The molecule has 0 amide bonds. The number of ether oxygens (including phenoxy) is 1. The largest absolute Gasteiger partial charge is 0.420 e. The lowest BCUT2D eigenvalue weighted by Crippen LogP contribution is -2.07. The van der Waals surface area contributed by atoms with Crippen LogP contribution in [0.4, 0.5) is 5.82 Å². The topological polar surface area (TPSA) is 72.2 Å². The number of H-pyrrole nitrogens is 1. The van der Waals surface area contributed by atoms with E-state index in [2.05, 4.69) is 20.0 Å². The number of halogens is 1.